The molecule has 6 heteroatoms. The standard InChI is InChI=1S/C12H12N4S2/c1-2-3-6-16-7-8-9(15-12(16)17)10-11(18-8)14-5-4-13-10/h4-5,7H,2-3,6H2,1H3. The van der Waals surface area contributed by atoms with E-state index in [0.717, 1.165) is 40.0 Å². The lowest BCUT2D eigenvalue weighted by molar-refractivity contribution is 0.616. The molecule has 4 nitrogen and oxygen atoms in total. The average molecular weight is 276 g/mol. The summed E-state index contributed by atoms with van der Waals surface area (Å²) in [6.45, 7) is 3.09. The van der Waals surface area contributed by atoms with E-state index in [1.54, 1.807) is 23.7 Å². The van der Waals surface area contributed by atoms with Crippen LogP contribution < -0.4 is 0 Å². The predicted molar refractivity (Wildman–Crippen MR) is 76.4 cm³/mol. The van der Waals surface area contributed by atoms with E-state index in [1.807, 2.05) is 4.57 Å². The van der Waals surface area contributed by atoms with Crippen molar-refractivity contribution in [2.24, 2.45) is 0 Å². The molecule has 0 N–H and O–H groups in total. The number of nitrogens with zero attached hydrogens (tertiary/aromatic N) is 4. The van der Waals surface area contributed by atoms with Crippen LogP contribution in [0.1, 0.15) is 19.8 Å². The molecular weight excluding hydrogens is 264 g/mol. The van der Waals surface area contributed by atoms with Gasteiger partial charge in [0.15, 0.2) is 4.77 Å². The SMILES string of the molecule is CCCCn1cc2sc3nccnc3c2nc1=S. The van der Waals surface area contributed by atoms with Crippen LogP contribution in [0.15, 0.2) is 18.6 Å². The van der Waals surface area contributed by atoms with Gasteiger partial charge in [0, 0.05) is 25.1 Å². The lowest BCUT2D eigenvalue weighted by atomic mass is 10.3. The lowest BCUT2D eigenvalue weighted by Crippen LogP contribution is -2.01. The number of rotatable bonds is 3. The maximum Gasteiger partial charge on any atom is 0.200 e. The van der Waals surface area contributed by atoms with Crippen molar-refractivity contribution in [1.29, 1.82) is 0 Å². The first-order valence-electron chi connectivity index (χ1n) is 5.90. The molecule has 92 valence electrons. The zero-order chi connectivity index (χ0) is 12.5. The highest BCUT2D eigenvalue weighted by Gasteiger charge is 2.09. The van der Waals surface area contributed by atoms with Crippen molar-refractivity contribution < 1.29 is 0 Å². The maximum atomic E-state index is 5.33. The Morgan fingerprint density at radius 2 is 2.11 bits per heavy atom. The molecule has 18 heavy (non-hydrogen) atoms. The Bertz CT molecular complexity index is 759. The molecule has 0 aromatic carbocycles. The zero-order valence-electron chi connectivity index (χ0n) is 9.96. The maximum absolute atomic E-state index is 5.33. The van der Waals surface area contributed by atoms with Gasteiger partial charge in [0.25, 0.3) is 0 Å². The predicted octanol–water partition coefficient (Wildman–Crippen LogP) is 3.57. The normalized spacial score (nSPS) is 11.4. The molecule has 0 aliphatic rings. The summed E-state index contributed by atoms with van der Waals surface area (Å²) in [7, 11) is 0. The van der Waals surface area contributed by atoms with Crippen LogP contribution in [0.5, 0.6) is 0 Å². The van der Waals surface area contributed by atoms with E-state index in [-0.39, 0.29) is 0 Å². The minimum Gasteiger partial charge on any atom is -0.322 e. The summed E-state index contributed by atoms with van der Waals surface area (Å²) in [6, 6.07) is 0. The van der Waals surface area contributed by atoms with Crippen LogP contribution in [-0.4, -0.2) is 19.5 Å². The first-order chi connectivity index (χ1) is 8.79. The van der Waals surface area contributed by atoms with E-state index in [9.17, 15) is 0 Å². The van der Waals surface area contributed by atoms with Crippen LogP contribution in [-0.2, 0) is 6.54 Å². The second-order valence-electron chi connectivity index (χ2n) is 4.10. The Morgan fingerprint density at radius 1 is 1.28 bits per heavy atom. The summed E-state index contributed by atoms with van der Waals surface area (Å²) in [4.78, 5) is 14.1. The van der Waals surface area contributed by atoms with Crippen LogP contribution in [0.3, 0.4) is 0 Å². The Kier molecular flexibility index (Phi) is 3.05. The van der Waals surface area contributed by atoms with Crippen LogP contribution in [0, 0.1) is 4.77 Å². The zero-order valence-corrected chi connectivity index (χ0v) is 11.6. The monoisotopic (exact) mass is 276 g/mol. The van der Waals surface area contributed by atoms with Gasteiger partial charge in [-0.05, 0) is 18.6 Å². The molecule has 0 atom stereocenters. The van der Waals surface area contributed by atoms with Gasteiger partial charge >= 0.3 is 0 Å². The lowest BCUT2D eigenvalue weighted by Gasteiger charge is -2.04. The third-order valence-corrected chi connectivity index (χ3v) is 4.14. The fourth-order valence-electron chi connectivity index (χ4n) is 1.87. The third-order valence-electron chi connectivity index (χ3n) is 2.81. The Labute approximate surface area is 113 Å². The van der Waals surface area contributed by atoms with Gasteiger partial charge in [0.2, 0.25) is 0 Å². The van der Waals surface area contributed by atoms with E-state index < -0.39 is 0 Å². The van der Waals surface area contributed by atoms with Crippen LogP contribution >= 0.6 is 23.6 Å². The second-order valence-corrected chi connectivity index (χ2v) is 5.49. The smallest absolute Gasteiger partial charge is 0.200 e. The van der Waals surface area contributed by atoms with E-state index in [0.29, 0.717) is 4.77 Å². The van der Waals surface area contributed by atoms with E-state index in [1.165, 1.54) is 0 Å². The highest BCUT2D eigenvalue weighted by atomic mass is 32.1. The third kappa shape index (κ3) is 1.91. The molecule has 0 radical (unpaired) electrons. The molecule has 0 aliphatic carbocycles. The molecule has 0 aliphatic heterocycles. The Morgan fingerprint density at radius 3 is 2.94 bits per heavy atom. The number of aromatic nitrogens is 4. The number of unbranched alkanes of at least 4 members (excludes halogenated alkanes) is 1. The summed E-state index contributed by atoms with van der Waals surface area (Å²) in [6.07, 6.45) is 7.74. The quantitative estimate of drug-likeness (QED) is 0.686. The van der Waals surface area contributed by atoms with Crippen molar-refractivity contribution in [3.63, 3.8) is 0 Å². The van der Waals surface area contributed by atoms with Gasteiger partial charge in [-0.1, -0.05) is 13.3 Å². The first-order valence-corrected chi connectivity index (χ1v) is 7.13. The molecule has 0 saturated heterocycles. The van der Waals surface area contributed by atoms with E-state index >= 15 is 0 Å². The van der Waals surface area contributed by atoms with Gasteiger partial charge in [-0.3, -0.25) is 0 Å². The summed E-state index contributed by atoms with van der Waals surface area (Å²) in [5, 5.41) is 0. The van der Waals surface area contributed by atoms with Crippen molar-refractivity contribution in [3.8, 4) is 0 Å². The molecule has 0 spiro atoms. The second kappa shape index (κ2) is 4.70. The van der Waals surface area contributed by atoms with Gasteiger partial charge in [0.05, 0.1) is 4.70 Å². The van der Waals surface area contributed by atoms with Gasteiger partial charge in [-0.15, -0.1) is 11.3 Å². The first kappa shape index (κ1) is 11.7. The Hall–Kier alpha value is -1.40. The summed E-state index contributed by atoms with van der Waals surface area (Å²) < 4.78 is 3.76. The molecule has 0 unspecified atom stereocenters. The van der Waals surface area contributed by atoms with Gasteiger partial charge < -0.3 is 4.57 Å². The molecule has 3 aromatic heterocycles. The molecule has 3 aromatic rings. The van der Waals surface area contributed by atoms with Gasteiger partial charge in [0.1, 0.15) is 15.9 Å². The highest BCUT2D eigenvalue weighted by molar-refractivity contribution is 7.71. The number of aryl methyl sites for hydroxylation is 1. The van der Waals surface area contributed by atoms with Crippen molar-refractivity contribution >= 4 is 44.1 Å². The van der Waals surface area contributed by atoms with Crippen LogP contribution in [0.2, 0.25) is 0 Å². The van der Waals surface area contributed by atoms with Crippen molar-refractivity contribution in [2.75, 3.05) is 0 Å². The summed E-state index contributed by atoms with van der Waals surface area (Å²) in [5.41, 5.74) is 1.73. The average Bonchev–Trinajstić information content (AvgIpc) is 2.74. The minimum atomic E-state index is 0.626. The fourth-order valence-corrected chi connectivity index (χ4v) is 3.09. The molecule has 0 fully saturated rings. The molecule has 3 heterocycles. The van der Waals surface area contributed by atoms with Crippen molar-refractivity contribution in [3.05, 3.63) is 23.4 Å². The largest absolute Gasteiger partial charge is 0.322 e. The van der Waals surface area contributed by atoms with Gasteiger partial charge in [-0.25, -0.2) is 15.0 Å². The molecule has 3 rings (SSSR count). The summed E-state index contributed by atoms with van der Waals surface area (Å²) >= 11 is 6.94. The number of thiophene rings is 1. The molecular formula is C12H12N4S2. The van der Waals surface area contributed by atoms with Gasteiger partial charge in [-0.2, -0.15) is 0 Å². The molecule has 0 bridgehead atoms. The number of hydrogen-bond donors (Lipinski definition) is 0. The molecule has 0 saturated carbocycles. The topological polar surface area (TPSA) is 43.6 Å². The number of fused-ring (bicyclic) bond motifs is 3. The summed E-state index contributed by atoms with van der Waals surface area (Å²) in [5.74, 6) is 0. The van der Waals surface area contributed by atoms with Crippen molar-refractivity contribution in [1.82, 2.24) is 19.5 Å². The van der Waals surface area contributed by atoms with Crippen LogP contribution in [0.4, 0.5) is 0 Å². The highest BCUT2D eigenvalue weighted by Crippen LogP contribution is 2.28. The number of hydrogen-bond acceptors (Lipinski definition) is 5. The molecule has 0 amide bonds. The van der Waals surface area contributed by atoms with E-state index in [2.05, 4.69) is 28.1 Å². The minimum absolute atomic E-state index is 0.626. The van der Waals surface area contributed by atoms with Crippen molar-refractivity contribution in [2.45, 2.75) is 26.3 Å². The van der Waals surface area contributed by atoms with Crippen LogP contribution in [0.25, 0.3) is 20.6 Å². The van der Waals surface area contributed by atoms with E-state index in [4.69, 9.17) is 12.2 Å². The Balaban J connectivity index is 2.23. The fraction of sp³-hybridized carbons (Fsp3) is 0.333.